The Labute approximate surface area is 113 Å². The van der Waals surface area contributed by atoms with E-state index in [1.54, 1.807) is 18.9 Å². The number of hydrogen-bond acceptors (Lipinski definition) is 3. The molecule has 0 saturated heterocycles. The number of dihydropyridines is 1. The van der Waals surface area contributed by atoms with Crippen molar-refractivity contribution in [2.45, 2.75) is 4.75 Å². The fourth-order valence-corrected chi connectivity index (χ4v) is 2.72. The maximum absolute atomic E-state index is 5.43. The van der Waals surface area contributed by atoms with Gasteiger partial charge in [0.05, 0.1) is 18.4 Å². The summed E-state index contributed by atoms with van der Waals surface area (Å²) in [5.74, 6) is 0.929. The minimum atomic E-state index is -0.0820. The molecule has 92 valence electrons. The molecule has 0 radical (unpaired) electrons. The fourth-order valence-electron chi connectivity index (χ4n) is 1.91. The van der Waals surface area contributed by atoms with Crippen LogP contribution < -0.4 is 4.74 Å². The van der Waals surface area contributed by atoms with Crippen LogP contribution in [0.2, 0.25) is 0 Å². The molecule has 0 bridgehead atoms. The van der Waals surface area contributed by atoms with E-state index >= 15 is 0 Å². The number of hydrogen-bond donors (Lipinski definition) is 0. The molecule has 0 aromatic heterocycles. The van der Waals surface area contributed by atoms with Crippen LogP contribution in [0.5, 0.6) is 5.75 Å². The van der Waals surface area contributed by atoms with Crippen molar-refractivity contribution < 1.29 is 4.74 Å². The van der Waals surface area contributed by atoms with Crippen molar-refractivity contribution >= 4 is 30.4 Å². The molecule has 1 aromatic rings. The van der Waals surface area contributed by atoms with Crippen molar-refractivity contribution in [3.63, 3.8) is 0 Å². The normalized spacial score (nSPS) is 22.0. The van der Waals surface area contributed by atoms with E-state index in [0.29, 0.717) is 0 Å². The molecule has 0 amide bonds. The molecule has 17 heavy (non-hydrogen) atoms. The zero-order valence-electron chi connectivity index (χ0n) is 9.92. The Balaban J connectivity index is 0.00000144. The van der Waals surface area contributed by atoms with Gasteiger partial charge in [0.15, 0.2) is 0 Å². The van der Waals surface area contributed by atoms with E-state index in [1.807, 2.05) is 30.5 Å². The molecule has 2 rings (SSSR count). The maximum Gasteiger partial charge on any atom is 0.123 e. The van der Waals surface area contributed by atoms with Crippen LogP contribution in [0.15, 0.2) is 41.4 Å². The Morgan fingerprint density at radius 1 is 1.35 bits per heavy atom. The predicted molar refractivity (Wildman–Crippen MR) is 77.9 cm³/mol. The number of thioether (sulfide) groups is 1. The average molecular weight is 270 g/mol. The van der Waals surface area contributed by atoms with E-state index in [-0.39, 0.29) is 17.2 Å². The highest BCUT2D eigenvalue weighted by Gasteiger charge is 2.31. The lowest BCUT2D eigenvalue weighted by molar-refractivity contribution is 0.406. The third-order valence-corrected chi connectivity index (χ3v) is 4.02. The van der Waals surface area contributed by atoms with E-state index in [1.165, 1.54) is 5.56 Å². The molecule has 1 aromatic carbocycles. The molecule has 1 atom stereocenters. The number of halogens is 1. The molecule has 4 heteroatoms. The first-order valence-electron chi connectivity index (χ1n) is 5.19. The van der Waals surface area contributed by atoms with Crippen molar-refractivity contribution in [2.24, 2.45) is 4.99 Å². The summed E-state index contributed by atoms with van der Waals surface area (Å²) in [5, 5.41) is 0. The average Bonchev–Trinajstić information content (AvgIpc) is 2.39. The van der Waals surface area contributed by atoms with E-state index in [4.69, 9.17) is 4.74 Å². The van der Waals surface area contributed by atoms with Crippen molar-refractivity contribution in [1.82, 2.24) is 0 Å². The number of ether oxygens (including phenoxy) is 1. The number of rotatable bonds is 3. The lowest BCUT2D eigenvalue weighted by Gasteiger charge is -2.30. The predicted octanol–water partition coefficient (Wildman–Crippen LogP) is 3.32. The van der Waals surface area contributed by atoms with Gasteiger partial charge in [0.2, 0.25) is 0 Å². The Bertz CT molecular complexity index is 433. The Hall–Kier alpha value is -0.930. The van der Waals surface area contributed by atoms with Gasteiger partial charge in [0.1, 0.15) is 5.75 Å². The van der Waals surface area contributed by atoms with Crippen LogP contribution in [-0.4, -0.2) is 26.1 Å². The van der Waals surface area contributed by atoms with Crippen LogP contribution in [0.4, 0.5) is 0 Å². The minimum absolute atomic E-state index is 0. The van der Waals surface area contributed by atoms with E-state index in [9.17, 15) is 0 Å². The number of aliphatic imine (C=N–C) groups is 1. The summed E-state index contributed by atoms with van der Waals surface area (Å²) in [6.07, 6.45) is 8.16. The van der Waals surface area contributed by atoms with Crippen molar-refractivity contribution in [3.8, 4) is 5.75 Å². The second-order valence-corrected chi connectivity index (χ2v) is 4.78. The number of benzene rings is 1. The Kier molecular flexibility index (Phi) is 5.09. The van der Waals surface area contributed by atoms with Crippen LogP contribution in [0.25, 0.3) is 0 Å². The largest absolute Gasteiger partial charge is 0.496 e. The smallest absolute Gasteiger partial charge is 0.123 e. The van der Waals surface area contributed by atoms with E-state index in [2.05, 4.69) is 23.4 Å². The van der Waals surface area contributed by atoms with Crippen LogP contribution in [-0.2, 0) is 4.75 Å². The van der Waals surface area contributed by atoms with Gasteiger partial charge in [-0.05, 0) is 18.4 Å². The highest BCUT2D eigenvalue weighted by Crippen LogP contribution is 2.42. The van der Waals surface area contributed by atoms with Crippen LogP contribution >= 0.6 is 24.2 Å². The standard InChI is InChI=1S/C13H15NOS.ClH/c1-15-12-7-4-3-6-11(12)13(16-2)8-5-9-14-10-13;/h3-9H,10H2,1-2H3;1H. The molecule has 0 fully saturated rings. The highest BCUT2D eigenvalue weighted by atomic mass is 35.5. The zero-order valence-corrected chi connectivity index (χ0v) is 11.6. The van der Waals surface area contributed by atoms with Crippen LogP contribution in [0, 0.1) is 0 Å². The maximum atomic E-state index is 5.43. The molecule has 1 aliphatic heterocycles. The molecule has 0 spiro atoms. The monoisotopic (exact) mass is 269 g/mol. The second kappa shape index (κ2) is 6.12. The first kappa shape index (κ1) is 14.1. The van der Waals surface area contributed by atoms with Crippen LogP contribution in [0.1, 0.15) is 5.56 Å². The van der Waals surface area contributed by atoms with E-state index in [0.717, 1.165) is 12.3 Å². The van der Waals surface area contributed by atoms with E-state index < -0.39 is 0 Å². The summed E-state index contributed by atoms with van der Waals surface area (Å²) >= 11 is 1.80. The fraction of sp³-hybridized carbons (Fsp3) is 0.308. The summed E-state index contributed by atoms with van der Waals surface area (Å²) in [5.41, 5.74) is 1.19. The van der Waals surface area contributed by atoms with Gasteiger partial charge in [-0.25, -0.2) is 0 Å². The summed E-state index contributed by atoms with van der Waals surface area (Å²) in [7, 11) is 1.71. The van der Waals surface area contributed by atoms with Crippen molar-refractivity contribution in [2.75, 3.05) is 19.9 Å². The molecule has 0 aliphatic carbocycles. The Morgan fingerprint density at radius 3 is 2.71 bits per heavy atom. The third-order valence-electron chi connectivity index (χ3n) is 2.81. The summed E-state index contributed by atoms with van der Waals surface area (Å²) in [6, 6.07) is 8.15. The quantitative estimate of drug-likeness (QED) is 0.840. The first-order chi connectivity index (χ1) is 7.82. The van der Waals surface area contributed by atoms with Gasteiger partial charge < -0.3 is 4.74 Å². The third kappa shape index (κ3) is 2.67. The Morgan fingerprint density at radius 2 is 2.12 bits per heavy atom. The van der Waals surface area contributed by atoms with Gasteiger partial charge in [-0.3, -0.25) is 4.99 Å². The van der Waals surface area contributed by atoms with Crippen molar-refractivity contribution in [3.05, 3.63) is 42.0 Å². The second-order valence-electron chi connectivity index (χ2n) is 3.64. The topological polar surface area (TPSA) is 21.6 Å². The SMILES string of the molecule is COc1ccccc1C1(SC)C=CC=NC1.Cl. The lowest BCUT2D eigenvalue weighted by Crippen LogP contribution is -2.25. The summed E-state index contributed by atoms with van der Waals surface area (Å²) in [4.78, 5) is 4.37. The molecule has 2 nitrogen and oxygen atoms in total. The number of para-hydroxylation sites is 1. The molecular formula is C13H16ClNOS. The molecule has 1 heterocycles. The first-order valence-corrected chi connectivity index (χ1v) is 6.41. The number of allylic oxidation sites excluding steroid dienone is 1. The number of nitrogens with zero attached hydrogens (tertiary/aromatic N) is 1. The van der Waals surface area contributed by atoms with Gasteiger partial charge in [-0.2, -0.15) is 0 Å². The summed E-state index contributed by atoms with van der Waals surface area (Å²) < 4.78 is 5.34. The minimum Gasteiger partial charge on any atom is -0.496 e. The van der Waals surface area contributed by atoms with Gasteiger partial charge in [0.25, 0.3) is 0 Å². The molecule has 0 saturated carbocycles. The molecule has 0 N–H and O–H groups in total. The van der Waals surface area contributed by atoms with Gasteiger partial charge >= 0.3 is 0 Å². The van der Waals surface area contributed by atoms with Gasteiger partial charge in [-0.1, -0.05) is 24.3 Å². The summed E-state index contributed by atoms with van der Waals surface area (Å²) in [6.45, 7) is 0.769. The molecular weight excluding hydrogens is 254 g/mol. The molecule has 1 unspecified atom stereocenters. The highest BCUT2D eigenvalue weighted by molar-refractivity contribution is 7.99. The number of methoxy groups -OCH3 is 1. The van der Waals surface area contributed by atoms with Crippen molar-refractivity contribution in [1.29, 1.82) is 0 Å². The van der Waals surface area contributed by atoms with Gasteiger partial charge in [-0.15, -0.1) is 24.2 Å². The lowest BCUT2D eigenvalue weighted by atomic mass is 9.95. The van der Waals surface area contributed by atoms with Crippen LogP contribution in [0.3, 0.4) is 0 Å². The molecule has 1 aliphatic rings. The zero-order chi connectivity index (χ0) is 11.4. The van der Waals surface area contributed by atoms with Gasteiger partial charge in [0, 0.05) is 11.8 Å².